The Labute approximate surface area is 77.8 Å². The van der Waals surface area contributed by atoms with Crippen LogP contribution >= 0.6 is 0 Å². The first-order valence-electron chi connectivity index (χ1n) is 3.98. The van der Waals surface area contributed by atoms with E-state index < -0.39 is 16.2 Å². The van der Waals surface area contributed by atoms with Crippen molar-refractivity contribution in [2.24, 2.45) is 0 Å². The highest BCUT2D eigenvalue weighted by molar-refractivity contribution is 7.85. The van der Waals surface area contributed by atoms with E-state index in [9.17, 15) is 13.2 Å². The predicted octanol–water partition coefficient (Wildman–Crippen LogP) is 0.258. The van der Waals surface area contributed by atoms with Gasteiger partial charge in [0.15, 0.2) is 0 Å². The van der Waals surface area contributed by atoms with E-state index in [0.29, 0.717) is 25.7 Å². The molecule has 0 aliphatic heterocycles. The number of carbonyl (C=O) groups is 1. The van der Waals surface area contributed by atoms with Gasteiger partial charge in [-0.25, -0.2) is 0 Å². The van der Waals surface area contributed by atoms with Crippen molar-refractivity contribution in [2.75, 3.05) is 12.4 Å². The second-order valence-electron chi connectivity index (χ2n) is 2.71. The third-order valence-electron chi connectivity index (χ3n) is 1.37. The van der Waals surface area contributed by atoms with Crippen LogP contribution in [0, 0.1) is 0 Å². The predicted molar refractivity (Wildman–Crippen MR) is 47.1 cm³/mol. The largest absolute Gasteiger partial charge is 0.371 e. The Hall–Kier alpha value is -0.460. The van der Waals surface area contributed by atoms with Crippen LogP contribution in [0.3, 0.4) is 0 Å². The summed E-state index contributed by atoms with van der Waals surface area (Å²) in [5, 5.41) is 0. The van der Waals surface area contributed by atoms with Crippen LogP contribution in [0.1, 0.15) is 19.8 Å². The maximum Gasteiger partial charge on any atom is 0.264 e. The summed E-state index contributed by atoms with van der Waals surface area (Å²) in [5.41, 5.74) is 0. The Morgan fingerprint density at radius 3 is 2.54 bits per heavy atom. The van der Waals surface area contributed by atoms with Gasteiger partial charge in [-0.2, -0.15) is 8.42 Å². The lowest BCUT2D eigenvalue weighted by Crippen LogP contribution is -2.11. The third-order valence-corrected chi connectivity index (χ3v) is 2.17. The highest BCUT2D eigenvalue weighted by Gasteiger charge is 2.04. The second kappa shape index (κ2) is 6.06. The first-order chi connectivity index (χ1) is 5.95. The molecule has 0 bridgehead atoms. The van der Waals surface area contributed by atoms with E-state index in [1.54, 1.807) is 6.92 Å². The maximum atomic E-state index is 10.2. The van der Waals surface area contributed by atoms with E-state index in [1.165, 1.54) is 0 Å². The first kappa shape index (κ1) is 12.5. The summed E-state index contributed by atoms with van der Waals surface area (Å²) in [6, 6.07) is 0. The number of hydrogen-bond acceptors (Lipinski definition) is 4. The maximum absolute atomic E-state index is 10.2. The molecular weight excluding hydrogens is 196 g/mol. The highest BCUT2D eigenvalue weighted by atomic mass is 32.2. The molecule has 1 atom stereocenters. The van der Waals surface area contributed by atoms with E-state index >= 15 is 0 Å². The lowest BCUT2D eigenvalue weighted by molar-refractivity contribution is -0.117. The standard InChI is InChI=1S/C7H14O5S/c1-7(6-8)12-4-2-3-5-13(9,10)11/h6-7H,2-5H2,1H3,(H,9,10,11). The number of ether oxygens (including phenoxy) is 1. The number of unbranched alkanes of at least 4 members (excludes halogenated alkanes) is 1. The minimum atomic E-state index is -3.86. The fourth-order valence-corrected chi connectivity index (χ4v) is 1.26. The van der Waals surface area contributed by atoms with Crippen molar-refractivity contribution in [3.05, 3.63) is 0 Å². The summed E-state index contributed by atoms with van der Waals surface area (Å²) >= 11 is 0. The molecule has 78 valence electrons. The summed E-state index contributed by atoms with van der Waals surface area (Å²) in [5.74, 6) is -0.258. The van der Waals surface area contributed by atoms with Crippen LogP contribution in [0.25, 0.3) is 0 Å². The molecule has 0 rings (SSSR count). The zero-order chi connectivity index (χ0) is 10.3. The van der Waals surface area contributed by atoms with Gasteiger partial charge in [-0.1, -0.05) is 0 Å². The van der Waals surface area contributed by atoms with Crippen molar-refractivity contribution in [1.29, 1.82) is 0 Å². The van der Waals surface area contributed by atoms with Crippen molar-refractivity contribution >= 4 is 16.4 Å². The summed E-state index contributed by atoms with van der Waals surface area (Å²) in [6.07, 6.45) is 1.07. The molecule has 0 spiro atoms. The summed E-state index contributed by atoms with van der Waals surface area (Å²) in [7, 11) is -3.86. The zero-order valence-electron chi connectivity index (χ0n) is 7.47. The molecule has 1 N–H and O–H groups in total. The zero-order valence-corrected chi connectivity index (χ0v) is 8.29. The molecule has 6 heteroatoms. The number of rotatable bonds is 7. The Bertz CT molecular complexity index is 233. The van der Waals surface area contributed by atoms with E-state index in [1.807, 2.05) is 0 Å². The van der Waals surface area contributed by atoms with Crippen LogP contribution in [-0.4, -0.2) is 37.7 Å². The second-order valence-corrected chi connectivity index (χ2v) is 4.28. The van der Waals surface area contributed by atoms with Crippen molar-refractivity contribution < 1.29 is 22.5 Å². The molecule has 0 amide bonds. The van der Waals surface area contributed by atoms with Gasteiger partial charge in [0, 0.05) is 6.61 Å². The average Bonchev–Trinajstić information content (AvgIpc) is 2.01. The Balaban J connectivity index is 3.32. The van der Waals surface area contributed by atoms with Crippen molar-refractivity contribution in [1.82, 2.24) is 0 Å². The van der Waals surface area contributed by atoms with Crippen LogP contribution < -0.4 is 0 Å². The lowest BCUT2D eigenvalue weighted by Gasteiger charge is -2.04. The smallest absolute Gasteiger partial charge is 0.264 e. The lowest BCUT2D eigenvalue weighted by atomic mass is 10.3. The Morgan fingerprint density at radius 1 is 1.46 bits per heavy atom. The number of aldehydes is 1. The molecular formula is C7H14O5S. The van der Waals surface area contributed by atoms with Gasteiger partial charge >= 0.3 is 0 Å². The van der Waals surface area contributed by atoms with Crippen LogP contribution in [-0.2, 0) is 19.6 Å². The Morgan fingerprint density at radius 2 is 2.08 bits per heavy atom. The topological polar surface area (TPSA) is 80.7 Å². The molecule has 0 aromatic carbocycles. The van der Waals surface area contributed by atoms with Crippen LogP contribution in [0.5, 0.6) is 0 Å². The van der Waals surface area contributed by atoms with Gasteiger partial charge in [0.25, 0.3) is 10.1 Å². The molecule has 13 heavy (non-hydrogen) atoms. The van der Waals surface area contributed by atoms with Crippen molar-refractivity contribution in [2.45, 2.75) is 25.9 Å². The minimum absolute atomic E-state index is 0.258. The summed E-state index contributed by atoms with van der Waals surface area (Å²) in [6.45, 7) is 1.94. The van der Waals surface area contributed by atoms with Crippen molar-refractivity contribution in [3.63, 3.8) is 0 Å². The minimum Gasteiger partial charge on any atom is -0.371 e. The van der Waals surface area contributed by atoms with Crippen LogP contribution in [0.4, 0.5) is 0 Å². The number of hydrogen-bond donors (Lipinski definition) is 1. The summed E-state index contributed by atoms with van der Waals surface area (Å²) in [4.78, 5) is 10.1. The molecule has 0 fully saturated rings. The SMILES string of the molecule is CC(C=O)OCCCCS(=O)(=O)O. The van der Waals surface area contributed by atoms with E-state index in [0.717, 1.165) is 0 Å². The van der Waals surface area contributed by atoms with E-state index in [2.05, 4.69) is 0 Å². The fraction of sp³-hybridized carbons (Fsp3) is 0.857. The van der Waals surface area contributed by atoms with E-state index in [-0.39, 0.29) is 5.75 Å². The van der Waals surface area contributed by atoms with Crippen LogP contribution in [0.15, 0.2) is 0 Å². The molecule has 0 radical (unpaired) electrons. The third kappa shape index (κ3) is 9.45. The molecule has 0 saturated heterocycles. The fourth-order valence-electron chi connectivity index (χ4n) is 0.695. The molecule has 0 heterocycles. The van der Waals surface area contributed by atoms with E-state index in [4.69, 9.17) is 9.29 Å². The molecule has 0 aliphatic carbocycles. The Kier molecular flexibility index (Phi) is 5.85. The molecule has 0 aliphatic rings. The number of carbonyl (C=O) groups excluding carboxylic acids is 1. The van der Waals surface area contributed by atoms with Gasteiger partial charge in [0.2, 0.25) is 0 Å². The van der Waals surface area contributed by atoms with Crippen LogP contribution in [0.2, 0.25) is 0 Å². The highest BCUT2D eigenvalue weighted by Crippen LogP contribution is 1.96. The molecule has 5 nitrogen and oxygen atoms in total. The molecule has 0 aromatic heterocycles. The molecule has 0 aromatic rings. The quantitative estimate of drug-likeness (QED) is 0.370. The first-order valence-corrected chi connectivity index (χ1v) is 5.58. The van der Waals surface area contributed by atoms with Gasteiger partial charge in [0.1, 0.15) is 12.4 Å². The molecule has 1 unspecified atom stereocenters. The van der Waals surface area contributed by atoms with Gasteiger partial charge in [0.05, 0.1) is 5.75 Å². The van der Waals surface area contributed by atoms with Gasteiger partial charge < -0.3 is 9.53 Å². The molecule has 0 saturated carbocycles. The normalized spacial score (nSPS) is 14.0. The van der Waals surface area contributed by atoms with Crippen molar-refractivity contribution in [3.8, 4) is 0 Å². The van der Waals surface area contributed by atoms with Gasteiger partial charge in [-0.05, 0) is 19.8 Å². The average molecular weight is 210 g/mol. The summed E-state index contributed by atoms with van der Waals surface area (Å²) < 4.78 is 33.8. The van der Waals surface area contributed by atoms with Gasteiger partial charge in [-0.15, -0.1) is 0 Å². The monoisotopic (exact) mass is 210 g/mol. The van der Waals surface area contributed by atoms with Gasteiger partial charge in [-0.3, -0.25) is 4.55 Å².